The molecule has 1 aliphatic heterocycles. The molecule has 1 unspecified atom stereocenters. The van der Waals surface area contributed by atoms with Crippen LogP contribution in [0.1, 0.15) is 12.0 Å². The molecule has 0 radical (unpaired) electrons. The van der Waals surface area contributed by atoms with Gasteiger partial charge in [0.1, 0.15) is 8.07 Å². The average Bonchev–Trinajstić information content (AvgIpc) is 2.75. The topological polar surface area (TPSA) is 3.24 Å². The first-order valence-electron chi connectivity index (χ1n) is 6.82. The maximum Gasteiger partial charge on any atom is 0.129 e. The van der Waals surface area contributed by atoms with Crippen LogP contribution in [-0.4, -0.2) is 26.1 Å². The van der Waals surface area contributed by atoms with Crippen molar-refractivity contribution in [2.75, 3.05) is 13.1 Å². The summed E-state index contributed by atoms with van der Waals surface area (Å²) in [7, 11) is -1.20. The average molecular weight is 257 g/mol. The summed E-state index contributed by atoms with van der Waals surface area (Å²) in [6.07, 6.45) is 1.24. The van der Waals surface area contributed by atoms with E-state index in [1.54, 1.807) is 0 Å². The third kappa shape index (κ3) is 4.32. The lowest BCUT2D eigenvalue weighted by Gasteiger charge is -2.14. The van der Waals surface area contributed by atoms with Crippen molar-refractivity contribution in [3.05, 3.63) is 35.9 Å². The molecule has 0 saturated carbocycles. The molecule has 96 valence electrons. The summed E-state index contributed by atoms with van der Waals surface area (Å²) in [5.74, 6) is 4.10. The Balaban J connectivity index is 1.87. The minimum atomic E-state index is -1.20. The highest BCUT2D eigenvalue weighted by atomic mass is 28.3. The van der Waals surface area contributed by atoms with Crippen molar-refractivity contribution >= 4 is 8.07 Å². The molecule has 0 bridgehead atoms. The fourth-order valence-electron chi connectivity index (χ4n) is 2.25. The fourth-order valence-corrected chi connectivity index (χ4v) is 2.89. The van der Waals surface area contributed by atoms with E-state index in [4.69, 9.17) is 0 Å². The Morgan fingerprint density at radius 2 is 1.94 bits per heavy atom. The fraction of sp³-hybridized carbons (Fsp3) is 0.500. The summed E-state index contributed by atoms with van der Waals surface area (Å²) >= 11 is 0. The van der Waals surface area contributed by atoms with Crippen molar-refractivity contribution in [1.29, 1.82) is 0 Å². The smallest absolute Gasteiger partial charge is 0.129 e. The van der Waals surface area contributed by atoms with Gasteiger partial charge in [-0.05, 0) is 18.5 Å². The second-order valence-corrected chi connectivity index (χ2v) is 11.0. The molecule has 0 N–H and O–H groups in total. The first kappa shape index (κ1) is 13.4. The van der Waals surface area contributed by atoms with Gasteiger partial charge < -0.3 is 0 Å². The maximum atomic E-state index is 3.51. The number of benzene rings is 1. The molecule has 1 aliphatic rings. The Hall–Kier alpha value is -1.04. The highest BCUT2D eigenvalue weighted by molar-refractivity contribution is 6.83. The lowest BCUT2D eigenvalue weighted by atomic mass is 10.1. The SMILES string of the molecule is C[Si](C)(C)C#CC1CCN(Cc2ccccc2)C1. The normalized spacial score (nSPS) is 20.5. The van der Waals surface area contributed by atoms with Crippen LogP contribution in [0.15, 0.2) is 30.3 Å². The van der Waals surface area contributed by atoms with Gasteiger partial charge in [0.05, 0.1) is 0 Å². The van der Waals surface area contributed by atoms with Crippen LogP contribution in [0.5, 0.6) is 0 Å². The van der Waals surface area contributed by atoms with Gasteiger partial charge >= 0.3 is 0 Å². The predicted octanol–water partition coefficient (Wildman–Crippen LogP) is 3.39. The van der Waals surface area contributed by atoms with E-state index >= 15 is 0 Å². The predicted molar refractivity (Wildman–Crippen MR) is 80.9 cm³/mol. The largest absolute Gasteiger partial charge is 0.298 e. The van der Waals surface area contributed by atoms with E-state index in [-0.39, 0.29) is 0 Å². The third-order valence-electron chi connectivity index (χ3n) is 3.17. The highest BCUT2D eigenvalue weighted by Crippen LogP contribution is 2.18. The van der Waals surface area contributed by atoms with E-state index in [0.29, 0.717) is 5.92 Å². The standard InChI is InChI=1S/C16H23NSi/c1-18(2,3)12-10-16-9-11-17(14-16)13-15-7-5-4-6-8-15/h4-8,16H,9,11,13-14H2,1-3H3. The summed E-state index contributed by atoms with van der Waals surface area (Å²) in [6, 6.07) is 10.7. The highest BCUT2D eigenvalue weighted by Gasteiger charge is 2.21. The second kappa shape index (κ2) is 5.73. The molecular formula is C16H23NSi. The summed E-state index contributed by atoms with van der Waals surface area (Å²) in [5, 5.41) is 0. The molecule has 0 aliphatic carbocycles. The zero-order valence-corrected chi connectivity index (χ0v) is 12.7. The number of hydrogen-bond acceptors (Lipinski definition) is 1. The molecule has 1 saturated heterocycles. The van der Waals surface area contributed by atoms with Crippen LogP contribution in [0.25, 0.3) is 0 Å². The molecule has 0 amide bonds. The molecule has 2 rings (SSSR count). The van der Waals surface area contributed by atoms with Crippen LogP contribution >= 0.6 is 0 Å². The Bertz CT molecular complexity index is 436. The minimum Gasteiger partial charge on any atom is -0.298 e. The zero-order chi connectivity index (χ0) is 13.0. The Kier molecular flexibility index (Phi) is 4.26. The molecule has 18 heavy (non-hydrogen) atoms. The van der Waals surface area contributed by atoms with Gasteiger partial charge in [0.25, 0.3) is 0 Å². The lowest BCUT2D eigenvalue weighted by molar-refractivity contribution is 0.325. The van der Waals surface area contributed by atoms with E-state index in [9.17, 15) is 0 Å². The minimum absolute atomic E-state index is 0.598. The molecule has 1 aromatic carbocycles. The second-order valence-electron chi connectivity index (χ2n) is 6.23. The zero-order valence-electron chi connectivity index (χ0n) is 11.7. The number of nitrogens with zero attached hydrogens (tertiary/aromatic N) is 1. The van der Waals surface area contributed by atoms with Crippen molar-refractivity contribution in [3.8, 4) is 11.5 Å². The van der Waals surface area contributed by atoms with Gasteiger partial charge in [-0.3, -0.25) is 4.90 Å². The van der Waals surface area contributed by atoms with Gasteiger partial charge in [0.2, 0.25) is 0 Å². The Morgan fingerprint density at radius 1 is 1.22 bits per heavy atom. The maximum absolute atomic E-state index is 3.51. The van der Waals surface area contributed by atoms with Crippen molar-refractivity contribution in [1.82, 2.24) is 4.90 Å². The lowest BCUT2D eigenvalue weighted by Crippen LogP contribution is -2.20. The first-order valence-corrected chi connectivity index (χ1v) is 10.3. The Morgan fingerprint density at radius 3 is 2.61 bits per heavy atom. The van der Waals surface area contributed by atoms with Gasteiger partial charge in [-0.15, -0.1) is 11.5 Å². The molecule has 1 nitrogen and oxygen atoms in total. The quantitative estimate of drug-likeness (QED) is 0.580. The van der Waals surface area contributed by atoms with E-state index in [0.717, 1.165) is 13.1 Å². The van der Waals surface area contributed by atoms with Gasteiger partial charge in [-0.2, -0.15) is 0 Å². The summed E-state index contributed by atoms with van der Waals surface area (Å²) in [4.78, 5) is 2.53. The van der Waals surface area contributed by atoms with E-state index in [2.05, 4.69) is 66.3 Å². The van der Waals surface area contributed by atoms with E-state index in [1.807, 2.05) is 0 Å². The van der Waals surface area contributed by atoms with Crippen LogP contribution in [0.3, 0.4) is 0 Å². The van der Waals surface area contributed by atoms with Crippen LogP contribution in [0.4, 0.5) is 0 Å². The summed E-state index contributed by atoms with van der Waals surface area (Å²) in [6.45, 7) is 10.4. The van der Waals surface area contributed by atoms with Crippen molar-refractivity contribution in [3.63, 3.8) is 0 Å². The third-order valence-corrected chi connectivity index (χ3v) is 4.07. The van der Waals surface area contributed by atoms with Gasteiger partial charge in [-0.1, -0.05) is 50.0 Å². The summed E-state index contributed by atoms with van der Waals surface area (Å²) in [5.41, 5.74) is 4.92. The van der Waals surface area contributed by atoms with Gasteiger partial charge in [0.15, 0.2) is 0 Å². The summed E-state index contributed by atoms with van der Waals surface area (Å²) < 4.78 is 0. The van der Waals surface area contributed by atoms with E-state index < -0.39 is 8.07 Å². The number of rotatable bonds is 2. The van der Waals surface area contributed by atoms with Gasteiger partial charge in [0, 0.05) is 19.0 Å². The van der Waals surface area contributed by atoms with Crippen molar-refractivity contribution in [2.24, 2.45) is 5.92 Å². The van der Waals surface area contributed by atoms with Crippen LogP contribution in [0, 0.1) is 17.4 Å². The van der Waals surface area contributed by atoms with Crippen LogP contribution in [0.2, 0.25) is 19.6 Å². The number of hydrogen-bond donors (Lipinski definition) is 0. The monoisotopic (exact) mass is 257 g/mol. The molecular weight excluding hydrogens is 234 g/mol. The Labute approximate surface area is 112 Å². The molecule has 1 fully saturated rings. The molecule has 1 atom stereocenters. The number of likely N-dealkylation sites (tertiary alicyclic amines) is 1. The van der Waals surface area contributed by atoms with Crippen molar-refractivity contribution in [2.45, 2.75) is 32.6 Å². The molecule has 0 spiro atoms. The van der Waals surface area contributed by atoms with Crippen LogP contribution < -0.4 is 0 Å². The molecule has 1 heterocycles. The first-order chi connectivity index (χ1) is 8.53. The van der Waals surface area contributed by atoms with Gasteiger partial charge in [-0.25, -0.2) is 0 Å². The molecule has 1 aromatic rings. The van der Waals surface area contributed by atoms with Crippen LogP contribution in [-0.2, 0) is 6.54 Å². The molecule has 2 heteroatoms. The molecule has 0 aromatic heterocycles. The van der Waals surface area contributed by atoms with Crippen molar-refractivity contribution < 1.29 is 0 Å². The van der Waals surface area contributed by atoms with E-state index in [1.165, 1.54) is 18.5 Å².